The van der Waals surface area contributed by atoms with E-state index in [-0.39, 0.29) is 23.6 Å². The number of carbonyl (C=O) groups excluding carboxylic acids is 3. The van der Waals surface area contributed by atoms with Crippen molar-refractivity contribution in [1.29, 1.82) is 0 Å². The number of aromatic amines is 1. The zero-order chi connectivity index (χ0) is 27.9. The maximum absolute atomic E-state index is 14.3. The number of carbonyl (C=O) groups is 3. The number of alkyl carbamates (subject to hydrolysis) is 1. The predicted molar refractivity (Wildman–Crippen MR) is 143 cm³/mol. The van der Waals surface area contributed by atoms with Crippen molar-refractivity contribution >= 4 is 29.0 Å². The Hall–Kier alpha value is -3.56. The first kappa shape index (κ1) is 27.0. The van der Waals surface area contributed by atoms with Crippen LogP contribution in [0, 0.1) is 11.7 Å². The van der Waals surface area contributed by atoms with Gasteiger partial charge >= 0.3 is 12.2 Å². The summed E-state index contributed by atoms with van der Waals surface area (Å²) < 4.78 is 24.5. The van der Waals surface area contributed by atoms with Crippen LogP contribution in [-0.2, 0) is 14.3 Å². The summed E-state index contributed by atoms with van der Waals surface area (Å²) >= 11 is 0. The molecule has 1 saturated carbocycles. The van der Waals surface area contributed by atoms with E-state index in [9.17, 15) is 18.8 Å². The number of hydrogen-bond acceptors (Lipinski definition) is 5. The molecule has 1 saturated heterocycles. The van der Waals surface area contributed by atoms with Gasteiger partial charge in [-0.25, -0.2) is 14.0 Å². The smallest absolute Gasteiger partial charge is 0.413 e. The second kappa shape index (κ2) is 10.5. The number of nitrogens with one attached hydrogen (secondary N) is 2. The zero-order valence-corrected chi connectivity index (χ0v) is 23.0. The molecule has 1 aromatic carbocycles. The van der Waals surface area contributed by atoms with E-state index in [0.29, 0.717) is 24.3 Å². The normalized spacial score (nSPS) is 22.4. The third kappa shape index (κ3) is 5.33. The lowest BCUT2D eigenvalue weighted by Crippen LogP contribution is -2.55. The van der Waals surface area contributed by atoms with E-state index < -0.39 is 29.9 Å². The van der Waals surface area contributed by atoms with Gasteiger partial charge in [-0.3, -0.25) is 9.69 Å². The van der Waals surface area contributed by atoms with E-state index in [0.717, 1.165) is 43.1 Å². The molecule has 210 valence electrons. The second-order valence-electron chi connectivity index (χ2n) is 11.7. The van der Waals surface area contributed by atoms with Crippen LogP contribution in [0.15, 0.2) is 36.2 Å². The predicted octanol–water partition coefficient (Wildman–Crippen LogP) is 5.04. The fraction of sp³-hybridized carbons (Fsp3) is 0.552. The maximum Gasteiger partial charge on any atom is 0.413 e. The van der Waals surface area contributed by atoms with Gasteiger partial charge in [0.1, 0.15) is 17.5 Å². The summed E-state index contributed by atoms with van der Waals surface area (Å²) in [5, 5.41) is 3.74. The Labute approximate surface area is 227 Å². The van der Waals surface area contributed by atoms with Crippen LogP contribution in [0.3, 0.4) is 0 Å². The minimum atomic E-state index is -0.738. The number of methoxy groups -OCH3 is 1. The molecule has 9 nitrogen and oxygen atoms in total. The topological polar surface area (TPSA) is 104 Å². The summed E-state index contributed by atoms with van der Waals surface area (Å²) in [7, 11) is 1.33. The lowest BCUT2D eigenvalue weighted by atomic mass is 9.83. The number of likely N-dealkylation sites (tertiary alicyclic amines) is 1. The molecule has 10 heteroatoms. The summed E-state index contributed by atoms with van der Waals surface area (Å²) in [5.74, 6) is -0.808. The molecule has 5 rings (SSSR count). The highest BCUT2D eigenvalue weighted by Gasteiger charge is 2.50. The number of aromatic nitrogens is 1. The molecular weight excluding hydrogens is 503 g/mol. The van der Waals surface area contributed by atoms with Crippen molar-refractivity contribution in [2.24, 2.45) is 5.92 Å². The van der Waals surface area contributed by atoms with Gasteiger partial charge in [0.05, 0.1) is 13.2 Å². The van der Waals surface area contributed by atoms with Crippen LogP contribution in [0.5, 0.6) is 0 Å². The molecule has 2 N–H and O–H groups in total. The third-order valence-electron chi connectivity index (χ3n) is 8.02. The van der Waals surface area contributed by atoms with Gasteiger partial charge in [0.15, 0.2) is 0 Å². The standard InChI is InChI=1S/C29H37FN4O5/c1-29(2,3)39-27(36)32-24(17-8-6-5-7-9-17)26(35)33-13-12-23-25(33)21(16-34(23)28(37)38-4)20-15-31-22-14-18(30)10-11-19(20)22/h10-12,14-15,17,21,24-25,31H,5-9,13,16H2,1-4H3,(H,32,36). The minimum Gasteiger partial charge on any atom is -0.452 e. The van der Waals surface area contributed by atoms with Crippen LogP contribution in [0.1, 0.15) is 64.4 Å². The first-order valence-corrected chi connectivity index (χ1v) is 13.7. The van der Waals surface area contributed by atoms with Crippen LogP contribution >= 0.6 is 0 Å². The Bertz CT molecular complexity index is 1290. The molecule has 0 spiro atoms. The van der Waals surface area contributed by atoms with Gasteiger partial charge in [0.2, 0.25) is 5.91 Å². The average molecular weight is 541 g/mol. The Kier molecular flexibility index (Phi) is 7.31. The minimum absolute atomic E-state index is 0.00422. The van der Waals surface area contributed by atoms with E-state index in [1.807, 2.05) is 12.3 Å². The molecule has 2 aliphatic heterocycles. The summed E-state index contributed by atoms with van der Waals surface area (Å²) in [6, 6.07) is 3.39. The Morgan fingerprint density at radius 3 is 2.59 bits per heavy atom. The van der Waals surface area contributed by atoms with Gasteiger partial charge in [0, 0.05) is 41.8 Å². The van der Waals surface area contributed by atoms with Crippen molar-refractivity contribution in [2.45, 2.75) is 76.5 Å². The molecule has 0 radical (unpaired) electrons. The second-order valence-corrected chi connectivity index (χ2v) is 11.7. The van der Waals surface area contributed by atoms with Crippen LogP contribution in [0.2, 0.25) is 0 Å². The SMILES string of the molecule is COC(=O)N1CC(c2c[nH]c3cc(F)ccc23)C2C1=CCN2C(=O)C(NC(=O)OC(C)(C)C)C1CCCCC1. The molecule has 2 fully saturated rings. The number of ether oxygens (including phenoxy) is 2. The van der Waals surface area contributed by atoms with Crippen molar-refractivity contribution in [3.63, 3.8) is 0 Å². The zero-order valence-electron chi connectivity index (χ0n) is 23.0. The number of H-pyrrole nitrogens is 1. The van der Waals surface area contributed by atoms with Gasteiger partial charge < -0.3 is 24.7 Å². The van der Waals surface area contributed by atoms with E-state index in [1.54, 1.807) is 36.6 Å². The molecule has 1 aliphatic carbocycles. The molecule has 3 aliphatic rings. The molecule has 0 bridgehead atoms. The summed E-state index contributed by atoms with van der Waals surface area (Å²) in [6.45, 7) is 5.98. The third-order valence-corrected chi connectivity index (χ3v) is 8.02. The monoisotopic (exact) mass is 540 g/mol. The number of benzene rings is 1. The number of amides is 3. The van der Waals surface area contributed by atoms with Gasteiger partial charge in [-0.2, -0.15) is 0 Å². The summed E-state index contributed by atoms with van der Waals surface area (Å²) in [6.07, 6.45) is 7.41. The summed E-state index contributed by atoms with van der Waals surface area (Å²) in [4.78, 5) is 46.4. The van der Waals surface area contributed by atoms with Crippen molar-refractivity contribution < 1.29 is 28.2 Å². The molecule has 2 aromatic rings. The van der Waals surface area contributed by atoms with Crippen molar-refractivity contribution in [1.82, 2.24) is 20.1 Å². The van der Waals surface area contributed by atoms with E-state index in [4.69, 9.17) is 9.47 Å². The number of hydrogen-bond donors (Lipinski definition) is 2. The summed E-state index contributed by atoms with van der Waals surface area (Å²) in [5.41, 5.74) is 1.55. The number of rotatable bonds is 4. The first-order chi connectivity index (χ1) is 18.6. The fourth-order valence-electron chi connectivity index (χ4n) is 6.36. The molecule has 39 heavy (non-hydrogen) atoms. The molecular formula is C29H37FN4O5. The molecule has 3 heterocycles. The highest BCUT2D eigenvalue weighted by Crippen LogP contribution is 2.44. The molecule has 3 unspecified atom stereocenters. The van der Waals surface area contributed by atoms with Gasteiger partial charge in [-0.05, 0) is 69.4 Å². The maximum atomic E-state index is 14.3. The Morgan fingerprint density at radius 1 is 1.15 bits per heavy atom. The first-order valence-electron chi connectivity index (χ1n) is 13.7. The number of fused-ring (bicyclic) bond motifs is 2. The average Bonchev–Trinajstić information content (AvgIpc) is 3.60. The number of halogens is 1. The lowest BCUT2D eigenvalue weighted by Gasteiger charge is -2.36. The van der Waals surface area contributed by atoms with Crippen molar-refractivity contribution in [2.75, 3.05) is 20.2 Å². The van der Waals surface area contributed by atoms with Crippen molar-refractivity contribution in [3.05, 3.63) is 47.5 Å². The van der Waals surface area contributed by atoms with Gasteiger partial charge in [0.25, 0.3) is 0 Å². The van der Waals surface area contributed by atoms with E-state index in [1.165, 1.54) is 19.2 Å². The fourth-order valence-corrected chi connectivity index (χ4v) is 6.36. The lowest BCUT2D eigenvalue weighted by molar-refractivity contribution is -0.136. The van der Waals surface area contributed by atoms with Crippen LogP contribution in [-0.4, -0.2) is 70.8 Å². The van der Waals surface area contributed by atoms with Crippen LogP contribution in [0.4, 0.5) is 14.0 Å². The van der Waals surface area contributed by atoms with E-state index in [2.05, 4.69) is 10.3 Å². The van der Waals surface area contributed by atoms with Gasteiger partial charge in [-0.15, -0.1) is 0 Å². The van der Waals surface area contributed by atoms with E-state index >= 15 is 0 Å². The Morgan fingerprint density at radius 2 is 1.90 bits per heavy atom. The Balaban J connectivity index is 1.48. The quantitative estimate of drug-likeness (QED) is 0.566. The molecule has 3 amide bonds. The molecule has 1 aromatic heterocycles. The van der Waals surface area contributed by atoms with Gasteiger partial charge in [-0.1, -0.05) is 19.3 Å². The highest BCUT2D eigenvalue weighted by molar-refractivity contribution is 5.89. The van der Waals surface area contributed by atoms with Crippen molar-refractivity contribution in [3.8, 4) is 0 Å². The molecule has 3 atom stereocenters. The largest absolute Gasteiger partial charge is 0.452 e. The number of nitrogens with zero attached hydrogens (tertiary/aromatic N) is 2. The highest BCUT2D eigenvalue weighted by atomic mass is 19.1. The van der Waals surface area contributed by atoms with Crippen LogP contribution < -0.4 is 5.32 Å². The van der Waals surface area contributed by atoms with Crippen LogP contribution in [0.25, 0.3) is 10.9 Å².